The van der Waals surface area contributed by atoms with E-state index in [0.29, 0.717) is 18.8 Å². The molecule has 154 valence electrons. The smallest absolute Gasteiger partial charge is 0.273 e. The topological polar surface area (TPSA) is 78.7 Å². The first-order valence-electron chi connectivity index (χ1n) is 10.1. The van der Waals surface area contributed by atoms with Crippen molar-refractivity contribution in [3.8, 4) is 11.3 Å². The first-order chi connectivity index (χ1) is 14.7. The Balaban J connectivity index is 1.29. The van der Waals surface area contributed by atoms with Gasteiger partial charge >= 0.3 is 0 Å². The fraction of sp³-hybridized carbons (Fsp3) is 0.261. The lowest BCUT2D eigenvalue weighted by atomic mass is 10.1. The number of anilines is 1. The molecule has 0 spiro atoms. The zero-order valence-electron chi connectivity index (χ0n) is 16.7. The number of nitrogens with zero attached hydrogens (tertiary/aromatic N) is 3. The molecule has 1 aromatic heterocycles. The Labute approximate surface area is 175 Å². The number of carbonyl (C=O) groups is 2. The summed E-state index contributed by atoms with van der Waals surface area (Å²) in [6, 6.07) is 21.2. The van der Waals surface area contributed by atoms with E-state index >= 15 is 0 Å². The molecule has 1 N–H and O–H groups in total. The minimum atomic E-state index is -0.421. The van der Waals surface area contributed by atoms with Gasteiger partial charge in [0.1, 0.15) is 0 Å². The van der Waals surface area contributed by atoms with Crippen molar-refractivity contribution in [1.29, 1.82) is 0 Å². The van der Waals surface area contributed by atoms with Crippen LogP contribution in [-0.2, 0) is 4.79 Å². The molecule has 1 fully saturated rings. The van der Waals surface area contributed by atoms with E-state index in [4.69, 9.17) is 4.52 Å². The number of nitrogens with one attached hydrogen (secondary N) is 1. The fourth-order valence-electron chi connectivity index (χ4n) is 3.54. The summed E-state index contributed by atoms with van der Waals surface area (Å²) in [5.74, 6) is 0.000604. The molecule has 0 atom stereocenters. The predicted molar refractivity (Wildman–Crippen MR) is 114 cm³/mol. The lowest BCUT2D eigenvalue weighted by Crippen LogP contribution is -2.42. The molecule has 0 aliphatic carbocycles. The Morgan fingerprint density at radius 3 is 2.43 bits per heavy atom. The van der Waals surface area contributed by atoms with Gasteiger partial charge in [0.2, 0.25) is 5.91 Å². The van der Waals surface area contributed by atoms with Crippen LogP contribution in [0.4, 0.5) is 5.69 Å². The average molecular weight is 404 g/mol. The second-order valence-electron chi connectivity index (χ2n) is 7.18. The maximum atomic E-state index is 12.6. The van der Waals surface area contributed by atoms with Gasteiger partial charge in [0, 0.05) is 43.5 Å². The molecule has 2 amide bonds. The molecule has 0 unspecified atom stereocenters. The van der Waals surface area contributed by atoms with Gasteiger partial charge in [-0.25, -0.2) is 0 Å². The quantitative estimate of drug-likeness (QED) is 0.708. The van der Waals surface area contributed by atoms with Crippen LogP contribution in [0.15, 0.2) is 71.3 Å². The third kappa shape index (κ3) is 4.68. The zero-order chi connectivity index (χ0) is 20.8. The van der Waals surface area contributed by atoms with E-state index < -0.39 is 5.91 Å². The van der Waals surface area contributed by atoms with Gasteiger partial charge in [0.25, 0.3) is 5.91 Å². The van der Waals surface area contributed by atoms with Crippen molar-refractivity contribution in [2.24, 2.45) is 0 Å². The number of rotatable bonds is 5. The molecule has 4 rings (SSSR count). The van der Waals surface area contributed by atoms with E-state index in [1.165, 1.54) is 5.69 Å². The van der Waals surface area contributed by atoms with Crippen LogP contribution < -0.4 is 10.2 Å². The highest BCUT2D eigenvalue weighted by atomic mass is 16.5. The van der Waals surface area contributed by atoms with Crippen molar-refractivity contribution >= 4 is 17.5 Å². The van der Waals surface area contributed by atoms with E-state index in [-0.39, 0.29) is 18.1 Å². The van der Waals surface area contributed by atoms with Crippen LogP contribution in [0.1, 0.15) is 16.9 Å². The van der Waals surface area contributed by atoms with Gasteiger partial charge in [-0.3, -0.25) is 9.59 Å². The number of para-hydroxylation sites is 1. The molecule has 2 aromatic carbocycles. The number of carbonyl (C=O) groups excluding carboxylic acids is 2. The minimum Gasteiger partial charge on any atom is -0.370 e. The van der Waals surface area contributed by atoms with Crippen molar-refractivity contribution in [3.05, 3.63) is 72.4 Å². The molecule has 0 bridgehead atoms. The summed E-state index contributed by atoms with van der Waals surface area (Å²) in [6.07, 6.45) is 0.887. The molecular formula is C23H24N4O3. The highest BCUT2D eigenvalue weighted by Crippen LogP contribution is 2.19. The Morgan fingerprint density at radius 2 is 1.67 bits per heavy atom. The van der Waals surface area contributed by atoms with Crippen LogP contribution in [0.3, 0.4) is 0 Å². The maximum absolute atomic E-state index is 12.6. The molecule has 7 heteroatoms. The summed E-state index contributed by atoms with van der Waals surface area (Å²) in [5.41, 5.74) is 2.17. The fourth-order valence-corrected chi connectivity index (χ4v) is 3.54. The maximum Gasteiger partial charge on any atom is 0.273 e. The first-order valence-corrected chi connectivity index (χ1v) is 10.1. The Kier molecular flexibility index (Phi) is 6.08. The van der Waals surface area contributed by atoms with E-state index in [1.807, 2.05) is 48.5 Å². The summed E-state index contributed by atoms with van der Waals surface area (Å²) < 4.78 is 5.25. The Bertz CT molecular complexity index is 988. The van der Waals surface area contributed by atoms with Gasteiger partial charge in [-0.15, -0.1) is 0 Å². The Hall–Kier alpha value is -3.61. The van der Waals surface area contributed by atoms with Gasteiger partial charge < -0.3 is 19.6 Å². The molecule has 30 heavy (non-hydrogen) atoms. The molecular weight excluding hydrogens is 380 g/mol. The summed E-state index contributed by atoms with van der Waals surface area (Å²) in [4.78, 5) is 29.1. The van der Waals surface area contributed by atoms with Gasteiger partial charge in [0.05, 0.1) is 6.54 Å². The van der Waals surface area contributed by atoms with E-state index in [2.05, 4.69) is 27.5 Å². The lowest BCUT2D eigenvalue weighted by Gasteiger charge is -2.23. The molecule has 3 aromatic rings. The standard InChI is InChI=1S/C23H24N4O3/c28-22(27-13-7-12-26(14-15-27)19-10-5-2-6-11-19)17-24-23(29)20-16-21(30-25-20)18-8-3-1-4-9-18/h1-6,8-11,16H,7,12-15,17H2,(H,24,29). The summed E-state index contributed by atoms with van der Waals surface area (Å²) in [5, 5.41) is 6.48. The molecule has 7 nitrogen and oxygen atoms in total. The monoisotopic (exact) mass is 404 g/mol. The first kappa shape index (κ1) is 19.7. The van der Waals surface area contributed by atoms with Crippen LogP contribution in [-0.4, -0.2) is 54.6 Å². The summed E-state index contributed by atoms with van der Waals surface area (Å²) in [6.45, 7) is 2.93. The van der Waals surface area contributed by atoms with Crippen LogP contribution in [0.2, 0.25) is 0 Å². The largest absolute Gasteiger partial charge is 0.370 e. The van der Waals surface area contributed by atoms with Gasteiger partial charge in [0.15, 0.2) is 11.5 Å². The van der Waals surface area contributed by atoms with Crippen molar-refractivity contribution in [2.45, 2.75) is 6.42 Å². The van der Waals surface area contributed by atoms with Crippen LogP contribution in [0.25, 0.3) is 11.3 Å². The van der Waals surface area contributed by atoms with Gasteiger partial charge in [-0.2, -0.15) is 0 Å². The third-order valence-corrected chi connectivity index (χ3v) is 5.17. The number of hydrogen-bond acceptors (Lipinski definition) is 5. The molecule has 0 saturated carbocycles. The van der Waals surface area contributed by atoms with E-state index in [9.17, 15) is 9.59 Å². The molecule has 1 aliphatic rings. The van der Waals surface area contributed by atoms with Crippen molar-refractivity contribution in [3.63, 3.8) is 0 Å². The minimum absolute atomic E-state index is 0.0578. The van der Waals surface area contributed by atoms with Crippen molar-refractivity contribution in [2.75, 3.05) is 37.6 Å². The zero-order valence-corrected chi connectivity index (χ0v) is 16.7. The number of amides is 2. The normalized spacial score (nSPS) is 14.3. The number of aromatic nitrogens is 1. The molecule has 1 saturated heterocycles. The lowest BCUT2D eigenvalue weighted by molar-refractivity contribution is -0.129. The molecule has 2 heterocycles. The van der Waals surface area contributed by atoms with Crippen LogP contribution in [0.5, 0.6) is 0 Å². The van der Waals surface area contributed by atoms with E-state index in [1.54, 1.807) is 11.0 Å². The number of benzene rings is 2. The predicted octanol–water partition coefficient (Wildman–Crippen LogP) is 2.81. The van der Waals surface area contributed by atoms with E-state index in [0.717, 1.165) is 25.1 Å². The van der Waals surface area contributed by atoms with Crippen LogP contribution in [0, 0.1) is 0 Å². The van der Waals surface area contributed by atoms with Gasteiger partial charge in [-0.1, -0.05) is 53.7 Å². The van der Waals surface area contributed by atoms with Crippen LogP contribution >= 0.6 is 0 Å². The second kappa shape index (κ2) is 9.26. The third-order valence-electron chi connectivity index (χ3n) is 5.17. The summed E-state index contributed by atoms with van der Waals surface area (Å²) in [7, 11) is 0. The molecule has 1 aliphatic heterocycles. The number of hydrogen-bond donors (Lipinski definition) is 1. The molecule has 0 radical (unpaired) electrons. The van der Waals surface area contributed by atoms with Crippen molar-refractivity contribution in [1.82, 2.24) is 15.4 Å². The SMILES string of the molecule is O=C(NCC(=O)N1CCCN(c2ccccc2)CC1)c1cc(-c2ccccc2)on1. The second-order valence-corrected chi connectivity index (χ2v) is 7.18. The van der Waals surface area contributed by atoms with Crippen molar-refractivity contribution < 1.29 is 14.1 Å². The summed E-state index contributed by atoms with van der Waals surface area (Å²) >= 11 is 0. The average Bonchev–Trinajstić information content (AvgIpc) is 3.16. The Morgan fingerprint density at radius 1 is 0.933 bits per heavy atom. The van der Waals surface area contributed by atoms with Gasteiger partial charge in [-0.05, 0) is 18.6 Å². The highest BCUT2D eigenvalue weighted by Gasteiger charge is 2.21. The highest BCUT2D eigenvalue weighted by molar-refractivity contribution is 5.95.